The van der Waals surface area contributed by atoms with Crippen molar-refractivity contribution in [2.24, 2.45) is 5.10 Å². The number of nitrogens with zero attached hydrogens (tertiary/aromatic N) is 8. The summed E-state index contributed by atoms with van der Waals surface area (Å²) in [5.41, 5.74) is 1.94. The maximum atomic E-state index is 12.1. The second-order valence-electron chi connectivity index (χ2n) is 10.6. The van der Waals surface area contributed by atoms with Gasteiger partial charge in [-0.15, -0.1) is 6.58 Å². The molecule has 0 radical (unpaired) electrons. The number of hydrogen-bond donors (Lipinski definition) is 1. The van der Waals surface area contributed by atoms with E-state index in [2.05, 4.69) is 45.9 Å². The summed E-state index contributed by atoms with van der Waals surface area (Å²) in [7, 11) is 5.81. The molecule has 0 saturated carbocycles. The number of rotatable bonds is 11. The molecule has 0 unspecified atom stereocenters. The van der Waals surface area contributed by atoms with Gasteiger partial charge in [0, 0.05) is 69.9 Å². The Morgan fingerprint density at radius 2 is 1.80 bits per heavy atom. The monoisotopic (exact) mass is 547 g/mol. The van der Waals surface area contributed by atoms with E-state index in [0.29, 0.717) is 36.7 Å². The van der Waals surface area contributed by atoms with Crippen molar-refractivity contribution in [1.82, 2.24) is 24.9 Å². The van der Waals surface area contributed by atoms with Crippen LogP contribution in [0.4, 0.5) is 23.1 Å². The second-order valence-corrected chi connectivity index (χ2v) is 10.6. The van der Waals surface area contributed by atoms with Crippen molar-refractivity contribution < 1.29 is 9.59 Å². The Kier molecular flexibility index (Phi) is 10.5. The topological polar surface area (TPSA) is 101 Å². The predicted octanol–water partition coefficient (Wildman–Crippen LogP) is 3.42. The van der Waals surface area contributed by atoms with E-state index in [9.17, 15) is 9.59 Å². The molecule has 1 aliphatic rings. The van der Waals surface area contributed by atoms with Crippen molar-refractivity contribution >= 4 is 41.5 Å². The second kappa shape index (κ2) is 13.8. The van der Waals surface area contributed by atoms with Gasteiger partial charge in [-0.05, 0) is 64.2 Å². The first-order valence-corrected chi connectivity index (χ1v) is 13.3. The molecule has 0 amide bonds. The lowest BCUT2D eigenvalue weighted by Crippen LogP contribution is -2.47. The predicted molar refractivity (Wildman–Crippen MR) is 162 cm³/mol. The molecule has 0 aliphatic carbocycles. The van der Waals surface area contributed by atoms with Crippen LogP contribution in [-0.2, 0) is 4.79 Å². The fourth-order valence-corrected chi connectivity index (χ4v) is 3.93. The number of amidine groups is 1. The molecule has 11 heteroatoms. The summed E-state index contributed by atoms with van der Waals surface area (Å²) < 4.78 is 0. The van der Waals surface area contributed by atoms with Gasteiger partial charge in [0.2, 0.25) is 5.95 Å². The van der Waals surface area contributed by atoms with Crippen molar-refractivity contribution in [2.45, 2.75) is 26.3 Å². The Morgan fingerprint density at radius 3 is 2.38 bits per heavy atom. The van der Waals surface area contributed by atoms with Crippen molar-refractivity contribution in [3.05, 3.63) is 60.8 Å². The summed E-state index contributed by atoms with van der Waals surface area (Å²) in [5, 5.41) is 13.3. The molecule has 1 aliphatic heterocycles. The largest absolute Gasteiger partial charge is 0.369 e. The minimum Gasteiger partial charge on any atom is -0.369 e. The average Bonchev–Trinajstić information content (AvgIpc) is 2.92. The van der Waals surface area contributed by atoms with E-state index in [0.717, 1.165) is 31.9 Å². The van der Waals surface area contributed by atoms with Crippen LogP contribution in [0.1, 0.15) is 31.1 Å². The quantitative estimate of drug-likeness (QED) is 0.112. The van der Waals surface area contributed by atoms with Crippen LogP contribution in [0, 0.1) is 0 Å². The Labute approximate surface area is 237 Å². The highest BCUT2D eigenvalue weighted by molar-refractivity contribution is 6.07. The third kappa shape index (κ3) is 7.96. The number of allylic oxidation sites excluding steroid dienone is 1. The summed E-state index contributed by atoms with van der Waals surface area (Å²) in [6.45, 7) is 14.4. The highest BCUT2D eigenvalue weighted by atomic mass is 16.1. The number of aldehydes is 2. The molecule has 1 aromatic heterocycles. The lowest BCUT2D eigenvalue weighted by Gasteiger charge is -2.35. The van der Waals surface area contributed by atoms with Crippen molar-refractivity contribution in [2.75, 3.05) is 69.1 Å². The Morgan fingerprint density at radius 1 is 1.12 bits per heavy atom. The number of aromatic nitrogens is 2. The highest BCUT2D eigenvalue weighted by Gasteiger charge is 2.25. The lowest BCUT2D eigenvalue weighted by atomic mass is 10.1. The first-order valence-electron chi connectivity index (χ1n) is 13.3. The number of hydrogen-bond acceptors (Lipinski definition) is 10. The highest BCUT2D eigenvalue weighted by Crippen LogP contribution is 2.25. The van der Waals surface area contributed by atoms with E-state index in [-0.39, 0.29) is 11.1 Å². The maximum Gasteiger partial charge on any atom is 0.229 e. The minimum atomic E-state index is -0.300. The van der Waals surface area contributed by atoms with Crippen LogP contribution in [0.5, 0.6) is 0 Å². The normalized spacial score (nSPS) is 14.9. The minimum absolute atomic E-state index is 0.262. The van der Waals surface area contributed by atoms with E-state index in [1.54, 1.807) is 27.2 Å². The summed E-state index contributed by atoms with van der Waals surface area (Å²) in [6.07, 6.45) is 7.51. The Bertz CT molecular complexity index is 1210. The third-order valence-corrected chi connectivity index (χ3v) is 6.61. The third-order valence-electron chi connectivity index (χ3n) is 6.61. The number of hydrazone groups is 1. The molecule has 40 heavy (non-hydrogen) atoms. The zero-order valence-corrected chi connectivity index (χ0v) is 24.4. The van der Waals surface area contributed by atoms with Gasteiger partial charge in [-0.3, -0.25) is 14.6 Å². The van der Waals surface area contributed by atoms with Gasteiger partial charge >= 0.3 is 0 Å². The zero-order chi connectivity index (χ0) is 29.3. The van der Waals surface area contributed by atoms with E-state index in [4.69, 9.17) is 10.1 Å². The van der Waals surface area contributed by atoms with Gasteiger partial charge in [-0.1, -0.05) is 6.08 Å². The van der Waals surface area contributed by atoms with Crippen molar-refractivity contribution in [3.8, 4) is 0 Å². The number of hydrazine groups is 1. The number of likely N-dealkylation sites (N-methyl/N-ethyl adjacent to an activating group) is 2. The zero-order valence-electron chi connectivity index (χ0n) is 24.4. The van der Waals surface area contributed by atoms with Crippen LogP contribution in [0.15, 0.2) is 60.4 Å². The van der Waals surface area contributed by atoms with Crippen LogP contribution in [-0.4, -0.2) is 103 Å². The first kappa shape index (κ1) is 30.5. The molecule has 1 N–H and O–H groups in total. The number of anilines is 4. The van der Waals surface area contributed by atoms with E-state index in [1.807, 2.05) is 47.0 Å². The number of piperazine rings is 1. The molecule has 0 spiro atoms. The number of benzene rings is 1. The summed E-state index contributed by atoms with van der Waals surface area (Å²) >= 11 is 0. The lowest BCUT2D eigenvalue weighted by molar-refractivity contribution is -0.104. The first-order chi connectivity index (χ1) is 19.1. The molecule has 2 heterocycles. The molecule has 0 atom stereocenters. The maximum absolute atomic E-state index is 12.1. The average molecular weight is 548 g/mol. The number of carbonyl (C=O) groups is 2. The standard InChI is InChI=1S/C29H41N9O2/c1-8-15-35(6)38(26(10-9-20-39)33-36(7)29(2,3)4)27-23(22-40)21-30-28(32-27)31-24-11-13-25(14-12-24)37-18-16-34(5)17-19-37/h8-14,20-22H,1,15-19H2,2-7H3,(H,30,31,32)/b10-9-,33-26+. The summed E-state index contributed by atoms with van der Waals surface area (Å²) in [4.78, 5) is 37.2. The number of carbonyl (C=O) groups excluding carboxylic acids is 2. The van der Waals surface area contributed by atoms with Gasteiger partial charge in [0.1, 0.15) is 6.29 Å². The summed E-state index contributed by atoms with van der Waals surface area (Å²) in [6, 6.07) is 8.14. The Balaban J connectivity index is 1.99. The van der Waals surface area contributed by atoms with Crippen molar-refractivity contribution in [3.63, 3.8) is 0 Å². The molecule has 3 rings (SSSR count). The fraction of sp³-hybridized carbons (Fsp3) is 0.414. The smallest absolute Gasteiger partial charge is 0.229 e. The Hall–Kier alpha value is -4.09. The van der Waals surface area contributed by atoms with Crippen LogP contribution in [0.3, 0.4) is 0 Å². The van der Waals surface area contributed by atoms with Gasteiger partial charge in [0.15, 0.2) is 17.9 Å². The molecule has 2 aromatic rings. The van der Waals surface area contributed by atoms with E-state index < -0.39 is 0 Å². The molecule has 11 nitrogen and oxygen atoms in total. The van der Waals surface area contributed by atoms with Crippen LogP contribution < -0.4 is 15.2 Å². The SMILES string of the molecule is C=CCN(C)N(C(/C=C\C=O)=N/N(C)C(C)(C)C)c1nc(Nc2ccc(N3CCN(C)CC3)cc2)ncc1C=O. The van der Waals surface area contributed by atoms with E-state index in [1.165, 1.54) is 18.0 Å². The molecule has 0 bridgehead atoms. The summed E-state index contributed by atoms with van der Waals surface area (Å²) in [5.74, 6) is 1.01. The van der Waals surface area contributed by atoms with E-state index >= 15 is 0 Å². The van der Waals surface area contributed by atoms with Gasteiger partial charge < -0.3 is 15.1 Å². The van der Waals surface area contributed by atoms with Gasteiger partial charge in [-0.25, -0.2) is 15.0 Å². The van der Waals surface area contributed by atoms with Crippen molar-refractivity contribution in [1.29, 1.82) is 0 Å². The number of nitrogens with one attached hydrogen (secondary N) is 1. The molecule has 1 saturated heterocycles. The molecule has 1 aromatic carbocycles. The molecular weight excluding hydrogens is 506 g/mol. The van der Waals surface area contributed by atoms with Gasteiger partial charge in [0.25, 0.3) is 0 Å². The van der Waals surface area contributed by atoms with Gasteiger partial charge in [-0.2, -0.15) is 10.1 Å². The molecule has 214 valence electrons. The fourth-order valence-electron chi connectivity index (χ4n) is 3.93. The van der Waals surface area contributed by atoms with Crippen LogP contribution >= 0.6 is 0 Å². The van der Waals surface area contributed by atoms with Crippen LogP contribution in [0.25, 0.3) is 0 Å². The van der Waals surface area contributed by atoms with Gasteiger partial charge in [0.05, 0.1) is 5.56 Å². The van der Waals surface area contributed by atoms with Crippen LogP contribution in [0.2, 0.25) is 0 Å². The molecular formula is C29H41N9O2. The molecule has 1 fully saturated rings.